The zero-order chi connectivity index (χ0) is 27.4. The van der Waals surface area contributed by atoms with Crippen LogP contribution in [0, 0.1) is 5.92 Å². The molecule has 3 N–H and O–H groups in total. The number of nitrogens with zero attached hydrogens (tertiary/aromatic N) is 1. The van der Waals surface area contributed by atoms with Crippen LogP contribution < -0.4 is 16.0 Å². The number of aromatic nitrogens is 1. The van der Waals surface area contributed by atoms with Gasteiger partial charge in [0.1, 0.15) is 5.60 Å². The van der Waals surface area contributed by atoms with Crippen molar-refractivity contribution in [3.05, 3.63) is 66.4 Å². The SMILES string of the molecule is COC(=O)Nc1ccc2c(c1)NC(=O)[C@H](C)/C=C/C[C@H](NC(=O)OC(C)(C)C)c1cc-2c2ccccc2n1. The number of nitrogens with one attached hydrogen (secondary N) is 3. The second-order valence-electron chi connectivity index (χ2n) is 10.1. The fourth-order valence-corrected chi connectivity index (χ4v) is 4.18. The summed E-state index contributed by atoms with van der Waals surface area (Å²) >= 11 is 0. The van der Waals surface area contributed by atoms with Gasteiger partial charge in [-0.15, -0.1) is 0 Å². The molecule has 2 aromatic carbocycles. The third-order valence-corrected chi connectivity index (χ3v) is 5.99. The Hall–Kier alpha value is -4.40. The highest BCUT2D eigenvalue weighted by Gasteiger charge is 2.24. The number of alkyl carbamates (subject to hydrolysis) is 1. The van der Waals surface area contributed by atoms with Crippen molar-refractivity contribution in [3.63, 3.8) is 0 Å². The Morgan fingerprint density at radius 1 is 1.05 bits per heavy atom. The standard InChI is InChI=1S/C29H32N4O5/c1-17-9-8-12-23(33-28(36)38-29(2,3)4)25-16-21(19-10-6-7-11-22(19)31-25)20-14-13-18(30-27(35)37-5)15-24(20)32-26(17)34/h6-11,13-17,23H,12H2,1-5H3,(H,30,35)(H,32,34)(H,33,36)/b9-8+/t17-,23+/m1/s1. The van der Waals surface area contributed by atoms with Gasteiger partial charge in [-0.25, -0.2) is 9.59 Å². The van der Waals surface area contributed by atoms with Gasteiger partial charge in [0.05, 0.1) is 36.0 Å². The number of methoxy groups -OCH3 is 1. The first kappa shape index (κ1) is 26.7. The van der Waals surface area contributed by atoms with E-state index in [2.05, 4.69) is 16.0 Å². The molecule has 1 aliphatic heterocycles. The van der Waals surface area contributed by atoms with Gasteiger partial charge in [0.15, 0.2) is 0 Å². The number of carbonyl (C=O) groups is 3. The number of amides is 3. The molecule has 2 atom stereocenters. The van der Waals surface area contributed by atoms with Gasteiger partial charge in [-0.3, -0.25) is 15.1 Å². The summed E-state index contributed by atoms with van der Waals surface area (Å²) in [5.74, 6) is -0.668. The number of pyridine rings is 1. The lowest BCUT2D eigenvalue weighted by molar-refractivity contribution is -0.118. The Morgan fingerprint density at radius 2 is 1.82 bits per heavy atom. The van der Waals surface area contributed by atoms with Crippen LogP contribution >= 0.6 is 0 Å². The van der Waals surface area contributed by atoms with Crippen molar-refractivity contribution in [1.29, 1.82) is 0 Å². The summed E-state index contributed by atoms with van der Waals surface area (Å²) in [5.41, 5.74) is 3.27. The molecule has 2 heterocycles. The van der Waals surface area contributed by atoms with E-state index < -0.39 is 29.7 Å². The predicted molar refractivity (Wildman–Crippen MR) is 147 cm³/mol. The molecule has 4 rings (SSSR count). The second kappa shape index (κ2) is 10.9. The number of carbonyl (C=O) groups excluding carboxylic acids is 3. The molecule has 38 heavy (non-hydrogen) atoms. The van der Waals surface area contributed by atoms with Gasteiger partial charge >= 0.3 is 12.2 Å². The van der Waals surface area contributed by atoms with Gasteiger partial charge in [0.2, 0.25) is 5.91 Å². The average Bonchev–Trinajstić information content (AvgIpc) is 2.86. The van der Waals surface area contributed by atoms with E-state index in [1.54, 1.807) is 45.9 Å². The van der Waals surface area contributed by atoms with E-state index in [1.807, 2.05) is 42.5 Å². The molecule has 3 amide bonds. The molecule has 0 radical (unpaired) electrons. The summed E-state index contributed by atoms with van der Waals surface area (Å²) in [6, 6.07) is 14.4. The minimum Gasteiger partial charge on any atom is -0.453 e. The lowest BCUT2D eigenvalue weighted by Crippen LogP contribution is -2.35. The quantitative estimate of drug-likeness (QED) is 0.350. The summed E-state index contributed by atoms with van der Waals surface area (Å²) in [5, 5.41) is 9.48. The number of anilines is 2. The number of hydrogen-bond donors (Lipinski definition) is 3. The Balaban J connectivity index is 1.90. The fraction of sp³-hybridized carbons (Fsp3) is 0.310. The second-order valence-corrected chi connectivity index (χ2v) is 10.1. The fourth-order valence-electron chi connectivity index (χ4n) is 4.18. The molecule has 0 saturated carbocycles. The summed E-state index contributed by atoms with van der Waals surface area (Å²) in [4.78, 5) is 42.5. The monoisotopic (exact) mass is 516 g/mol. The van der Waals surface area contributed by atoms with Gasteiger partial charge in [0, 0.05) is 16.6 Å². The minimum atomic E-state index is -0.658. The Bertz CT molecular complexity index is 1410. The number of benzene rings is 2. The third kappa shape index (κ3) is 6.29. The Morgan fingerprint density at radius 3 is 2.55 bits per heavy atom. The van der Waals surface area contributed by atoms with E-state index in [9.17, 15) is 14.4 Å². The molecular formula is C29H32N4O5. The molecule has 1 aromatic heterocycles. The van der Waals surface area contributed by atoms with Crippen LogP contribution in [0.15, 0.2) is 60.7 Å². The zero-order valence-electron chi connectivity index (χ0n) is 22.1. The van der Waals surface area contributed by atoms with E-state index in [-0.39, 0.29) is 5.91 Å². The highest BCUT2D eigenvalue weighted by Crippen LogP contribution is 2.37. The first-order valence-corrected chi connectivity index (χ1v) is 12.4. The van der Waals surface area contributed by atoms with Crippen molar-refractivity contribution in [2.45, 2.75) is 45.8 Å². The molecule has 3 aromatic rings. The van der Waals surface area contributed by atoms with E-state index in [0.717, 1.165) is 22.0 Å². The van der Waals surface area contributed by atoms with Gasteiger partial charge in [-0.2, -0.15) is 0 Å². The molecule has 0 fully saturated rings. The third-order valence-electron chi connectivity index (χ3n) is 5.99. The topological polar surface area (TPSA) is 119 Å². The van der Waals surface area contributed by atoms with E-state index >= 15 is 0 Å². The first-order valence-electron chi connectivity index (χ1n) is 12.4. The van der Waals surface area contributed by atoms with Gasteiger partial charge < -0.3 is 20.1 Å². The number of rotatable bonds is 2. The lowest BCUT2D eigenvalue weighted by atomic mass is 9.95. The highest BCUT2D eigenvalue weighted by atomic mass is 16.6. The Labute approximate surface area is 221 Å². The van der Waals surface area contributed by atoms with Crippen LogP contribution in [0.1, 0.15) is 45.9 Å². The molecule has 0 unspecified atom stereocenters. The van der Waals surface area contributed by atoms with Gasteiger partial charge in [-0.1, -0.05) is 43.3 Å². The van der Waals surface area contributed by atoms with Crippen LogP contribution in [0.2, 0.25) is 0 Å². The summed E-state index contributed by atoms with van der Waals surface area (Å²) < 4.78 is 10.2. The van der Waals surface area contributed by atoms with Crippen LogP contribution in [0.3, 0.4) is 0 Å². The smallest absolute Gasteiger partial charge is 0.411 e. The van der Waals surface area contributed by atoms with Gasteiger partial charge in [0.25, 0.3) is 0 Å². The van der Waals surface area contributed by atoms with E-state index in [4.69, 9.17) is 14.5 Å². The molecule has 1 aliphatic rings. The van der Waals surface area contributed by atoms with Crippen LogP contribution in [0.5, 0.6) is 0 Å². The predicted octanol–water partition coefficient (Wildman–Crippen LogP) is 6.18. The minimum absolute atomic E-state index is 0.214. The number of ether oxygens (including phenoxy) is 2. The van der Waals surface area contributed by atoms with Crippen molar-refractivity contribution in [2.24, 2.45) is 5.92 Å². The van der Waals surface area contributed by atoms with Crippen molar-refractivity contribution in [2.75, 3.05) is 17.7 Å². The molecule has 0 aliphatic carbocycles. The maximum atomic E-state index is 13.1. The number of hydrogen-bond acceptors (Lipinski definition) is 6. The summed E-state index contributed by atoms with van der Waals surface area (Å²) in [6.07, 6.45) is 2.90. The summed E-state index contributed by atoms with van der Waals surface area (Å²) in [7, 11) is 1.28. The number of fused-ring (bicyclic) bond motifs is 6. The van der Waals surface area contributed by atoms with Crippen molar-refractivity contribution >= 4 is 40.4 Å². The average molecular weight is 517 g/mol. The van der Waals surface area contributed by atoms with Crippen molar-refractivity contribution in [3.8, 4) is 11.1 Å². The molecule has 198 valence electrons. The molecule has 2 bridgehead atoms. The molecule has 9 heteroatoms. The first-order chi connectivity index (χ1) is 18.0. The maximum Gasteiger partial charge on any atom is 0.411 e. The van der Waals surface area contributed by atoms with Gasteiger partial charge in [-0.05, 0) is 57.0 Å². The number of para-hydroxylation sites is 1. The van der Waals surface area contributed by atoms with Crippen molar-refractivity contribution in [1.82, 2.24) is 10.3 Å². The molecule has 0 saturated heterocycles. The molecule has 9 nitrogen and oxygen atoms in total. The molecular weight excluding hydrogens is 484 g/mol. The maximum absolute atomic E-state index is 13.1. The van der Waals surface area contributed by atoms with Crippen LogP contribution in [-0.2, 0) is 14.3 Å². The van der Waals surface area contributed by atoms with Crippen molar-refractivity contribution < 1.29 is 23.9 Å². The largest absolute Gasteiger partial charge is 0.453 e. The van der Waals surface area contributed by atoms with E-state index in [0.29, 0.717) is 23.5 Å². The van der Waals surface area contributed by atoms with Crippen LogP contribution in [0.4, 0.5) is 21.0 Å². The zero-order valence-corrected chi connectivity index (χ0v) is 22.1. The Kier molecular flexibility index (Phi) is 7.66. The van der Waals surface area contributed by atoms with Crippen LogP contribution in [-0.4, -0.2) is 35.8 Å². The summed E-state index contributed by atoms with van der Waals surface area (Å²) in [6.45, 7) is 7.21. The molecule has 0 spiro atoms. The van der Waals surface area contributed by atoms with E-state index in [1.165, 1.54) is 7.11 Å². The normalized spacial score (nSPS) is 18.2. The highest BCUT2D eigenvalue weighted by molar-refractivity contribution is 6.04. The van der Waals surface area contributed by atoms with Crippen LogP contribution in [0.25, 0.3) is 22.0 Å². The lowest BCUT2D eigenvalue weighted by Gasteiger charge is -2.24.